The van der Waals surface area contributed by atoms with Crippen LogP contribution < -0.4 is 0 Å². The molecule has 0 aliphatic heterocycles. The van der Waals surface area contributed by atoms with Crippen molar-refractivity contribution in [2.75, 3.05) is 6.61 Å². The Kier molecular flexibility index (Phi) is 7.77. The van der Waals surface area contributed by atoms with Crippen LogP contribution in [0.15, 0.2) is 0 Å². The average molecular weight is 569 g/mol. The fourth-order valence-electron chi connectivity index (χ4n) is 9.01. The first-order valence-corrected chi connectivity index (χ1v) is 13.8. The van der Waals surface area contributed by atoms with E-state index in [-0.39, 0.29) is 44.9 Å². The molecule has 4 aliphatic rings. The molecule has 4 rings (SSSR count). The van der Waals surface area contributed by atoms with Gasteiger partial charge < -0.3 is 34.3 Å². The van der Waals surface area contributed by atoms with Crippen molar-refractivity contribution in [2.45, 2.75) is 109 Å². The van der Waals surface area contributed by atoms with Crippen molar-refractivity contribution >= 4 is 29.8 Å². The first kappa shape index (κ1) is 30.2. The van der Waals surface area contributed by atoms with E-state index < -0.39 is 94.6 Å². The molecule has 0 spiro atoms. The van der Waals surface area contributed by atoms with Crippen molar-refractivity contribution in [2.24, 2.45) is 28.6 Å². The third kappa shape index (κ3) is 4.56. The molecule has 0 unspecified atom stereocenters. The smallest absolute Gasteiger partial charge is 0.307 e. The fourth-order valence-corrected chi connectivity index (χ4v) is 9.01. The Hall–Kier alpha value is -2.73. The van der Waals surface area contributed by atoms with Crippen LogP contribution in [0.2, 0.25) is 0 Å². The van der Waals surface area contributed by atoms with Crippen LogP contribution in [0, 0.1) is 28.6 Å². The highest BCUT2D eigenvalue weighted by atomic mass is 16.6. The SMILES string of the molecule is CC(=O)OC[C@]12[C@H]3[C@H](OC(C)=O)C[C@]4(C)[C@@H](C(=O)O)CC[C@@]4(O)[C@H]3CC[C@]1(O)C[C@H](OC(C)=O)C[C@@H]2OC(C)=O. The van der Waals surface area contributed by atoms with Gasteiger partial charge in [0, 0.05) is 51.9 Å². The van der Waals surface area contributed by atoms with E-state index >= 15 is 0 Å². The van der Waals surface area contributed by atoms with Crippen molar-refractivity contribution in [1.29, 1.82) is 0 Å². The lowest BCUT2D eigenvalue weighted by molar-refractivity contribution is -0.320. The monoisotopic (exact) mass is 568 g/mol. The van der Waals surface area contributed by atoms with E-state index in [1.54, 1.807) is 6.92 Å². The van der Waals surface area contributed by atoms with Gasteiger partial charge in [-0.15, -0.1) is 0 Å². The maximum Gasteiger partial charge on any atom is 0.307 e. The van der Waals surface area contributed by atoms with Crippen molar-refractivity contribution in [1.82, 2.24) is 0 Å². The lowest BCUT2D eigenvalue weighted by atomic mass is 9.40. The van der Waals surface area contributed by atoms with Gasteiger partial charge in [0.1, 0.15) is 24.9 Å². The van der Waals surface area contributed by atoms with Crippen LogP contribution in [-0.2, 0) is 42.9 Å². The van der Waals surface area contributed by atoms with E-state index in [1.807, 2.05) is 0 Å². The molecule has 224 valence electrons. The standard InChI is InChI=1S/C28H40O12/c1-14(29)37-13-27-22(40-17(4)32)10-18(38-15(2)30)11-26(27,35)8-6-19-23(27)21(39-16(3)31)12-25(5)20(24(33)34)7-9-28(19,25)36/h18-23,35-36H,6-13H2,1-5H3,(H,33,34)/t18-,19+,20-,21-,22+,23-,25-,26+,27+,28-/m1/s1. The van der Waals surface area contributed by atoms with Gasteiger partial charge in [0.05, 0.1) is 22.5 Å². The van der Waals surface area contributed by atoms with Crippen LogP contribution in [0.25, 0.3) is 0 Å². The maximum absolute atomic E-state index is 12.5. The summed E-state index contributed by atoms with van der Waals surface area (Å²) in [4.78, 5) is 61.2. The molecular formula is C28H40O12. The Balaban J connectivity index is 1.94. The highest BCUT2D eigenvalue weighted by molar-refractivity contribution is 5.72. The van der Waals surface area contributed by atoms with E-state index in [0.29, 0.717) is 0 Å². The molecule has 10 atom stereocenters. The number of esters is 4. The van der Waals surface area contributed by atoms with E-state index in [0.717, 1.165) is 0 Å². The minimum absolute atomic E-state index is 0.0216. The van der Waals surface area contributed by atoms with Crippen molar-refractivity contribution in [3.63, 3.8) is 0 Å². The van der Waals surface area contributed by atoms with Crippen LogP contribution in [0.1, 0.15) is 79.6 Å². The summed E-state index contributed by atoms with van der Waals surface area (Å²) < 4.78 is 22.7. The van der Waals surface area contributed by atoms with Gasteiger partial charge in [-0.3, -0.25) is 24.0 Å². The molecule has 12 nitrogen and oxygen atoms in total. The summed E-state index contributed by atoms with van der Waals surface area (Å²) in [6.07, 6.45) is -2.43. The maximum atomic E-state index is 12.5. The molecule has 4 fully saturated rings. The van der Waals surface area contributed by atoms with Crippen LogP contribution in [0.4, 0.5) is 0 Å². The number of carboxylic acids is 1. The van der Waals surface area contributed by atoms with Gasteiger partial charge in [-0.2, -0.15) is 0 Å². The number of fused-ring (bicyclic) bond motifs is 5. The van der Waals surface area contributed by atoms with Crippen LogP contribution >= 0.6 is 0 Å². The summed E-state index contributed by atoms with van der Waals surface area (Å²) in [5.41, 5.74) is -5.97. The summed E-state index contributed by atoms with van der Waals surface area (Å²) in [6.45, 7) is 6.12. The van der Waals surface area contributed by atoms with E-state index in [1.165, 1.54) is 27.7 Å². The lowest BCUT2D eigenvalue weighted by Gasteiger charge is -2.68. The normalized spacial score (nSPS) is 43.8. The largest absolute Gasteiger partial charge is 0.481 e. The van der Waals surface area contributed by atoms with Gasteiger partial charge in [0.25, 0.3) is 0 Å². The number of rotatable bonds is 6. The quantitative estimate of drug-likeness (QED) is 0.311. The molecule has 4 aliphatic carbocycles. The molecule has 0 aromatic heterocycles. The molecule has 0 heterocycles. The molecule has 40 heavy (non-hydrogen) atoms. The van der Waals surface area contributed by atoms with Crippen molar-refractivity contribution in [3.05, 3.63) is 0 Å². The number of aliphatic hydroxyl groups is 2. The van der Waals surface area contributed by atoms with Crippen molar-refractivity contribution < 1.29 is 58.2 Å². The Bertz CT molecular complexity index is 1090. The second kappa shape index (κ2) is 10.3. The van der Waals surface area contributed by atoms with Gasteiger partial charge in [0.2, 0.25) is 0 Å². The molecule has 0 radical (unpaired) electrons. The van der Waals surface area contributed by atoms with E-state index in [9.17, 15) is 39.3 Å². The Morgan fingerprint density at radius 1 is 0.825 bits per heavy atom. The zero-order valence-corrected chi connectivity index (χ0v) is 23.6. The average Bonchev–Trinajstić information content (AvgIpc) is 3.07. The van der Waals surface area contributed by atoms with E-state index in [4.69, 9.17) is 18.9 Å². The number of hydrogen-bond acceptors (Lipinski definition) is 11. The number of carbonyl (C=O) groups is 5. The first-order chi connectivity index (χ1) is 18.5. The minimum Gasteiger partial charge on any atom is -0.481 e. The second-order valence-electron chi connectivity index (χ2n) is 12.4. The van der Waals surface area contributed by atoms with Gasteiger partial charge in [0.15, 0.2) is 0 Å². The number of carbonyl (C=O) groups excluding carboxylic acids is 4. The Labute approximate surface area is 232 Å². The predicted molar refractivity (Wildman–Crippen MR) is 134 cm³/mol. The number of hydrogen-bond donors (Lipinski definition) is 3. The molecule has 3 N–H and O–H groups in total. The molecule has 12 heteroatoms. The van der Waals surface area contributed by atoms with Gasteiger partial charge in [-0.1, -0.05) is 6.92 Å². The topological polar surface area (TPSA) is 183 Å². The molecular weight excluding hydrogens is 528 g/mol. The summed E-state index contributed by atoms with van der Waals surface area (Å²) in [5, 5.41) is 34.9. The first-order valence-electron chi connectivity index (χ1n) is 13.8. The van der Waals surface area contributed by atoms with Gasteiger partial charge >= 0.3 is 29.8 Å². The Morgan fingerprint density at radius 3 is 2.00 bits per heavy atom. The minimum atomic E-state index is -1.73. The summed E-state index contributed by atoms with van der Waals surface area (Å²) >= 11 is 0. The summed E-state index contributed by atoms with van der Waals surface area (Å²) in [6, 6.07) is 0. The third-order valence-corrected chi connectivity index (χ3v) is 10.4. The molecule has 0 bridgehead atoms. The van der Waals surface area contributed by atoms with Crippen molar-refractivity contribution in [3.8, 4) is 0 Å². The number of aliphatic carboxylic acids is 1. The molecule has 4 saturated carbocycles. The van der Waals surface area contributed by atoms with Gasteiger partial charge in [-0.25, -0.2) is 0 Å². The van der Waals surface area contributed by atoms with Crippen LogP contribution in [0.3, 0.4) is 0 Å². The lowest BCUT2D eigenvalue weighted by Crippen LogP contribution is -2.76. The third-order valence-electron chi connectivity index (χ3n) is 10.4. The number of carboxylic acid groups (broad SMARTS) is 1. The Morgan fingerprint density at radius 2 is 1.45 bits per heavy atom. The fraction of sp³-hybridized carbons (Fsp3) is 0.821. The highest BCUT2D eigenvalue weighted by Gasteiger charge is 2.77. The molecule has 0 amide bonds. The highest BCUT2D eigenvalue weighted by Crippen LogP contribution is 2.70. The van der Waals surface area contributed by atoms with Crippen LogP contribution in [-0.4, -0.2) is 81.3 Å². The molecule has 0 aromatic rings. The van der Waals surface area contributed by atoms with Gasteiger partial charge in [-0.05, 0) is 38.0 Å². The molecule has 0 aromatic carbocycles. The van der Waals surface area contributed by atoms with Crippen LogP contribution in [0.5, 0.6) is 0 Å². The summed E-state index contributed by atoms with van der Waals surface area (Å²) in [7, 11) is 0. The molecule has 0 saturated heterocycles. The summed E-state index contributed by atoms with van der Waals surface area (Å²) in [5.74, 6) is -6.10. The second-order valence-corrected chi connectivity index (χ2v) is 12.4. The van der Waals surface area contributed by atoms with E-state index in [2.05, 4.69) is 0 Å². The number of ether oxygens (including phenoxy) is 4. The predicted octanol–water partition coefficient (Wildman–Crippen LogP) is 1.52. The zero-order chi connectivity index (χ0) is 29.8. The zero-order valence-electron chi connectivity index (χ0n) is 23.6.